The number of nitrogens with one attached hydrogen (secondary N) is 1. The molecule has 30 heavy (non-hydrogen) atoms. The molecule has 3 aromatic rings. The van der Waals surface area contributed by atoms with Crippen LogP contribution >= 0.6 is 0 Å². The topological polar surface area (TPSA) is 79.4 Å². The minimum absolute atomic E-state index is 0.0834. The molecule has 1 fully saturated rings. The van der Waals surface area contributed by atoms with Crippen LogP contribution in [0.2, 0.25) is 0 Å². The molecule has 1 aromatic heterocycles. The van der Waals surface area contributed by atoms with E-state index in [0.29, 0.717) is 11.1 Å². The van der Waals surface area contributed by atoms with Crippen LogP contribution in [0.1, 0.15) is 65.1 Å². The maximum absolute atomic E-state index is 12.9. The Morgan fingerprint density at radius 3 is 2.60 bits per heavy atom. The van der Waals surface area contributed by atoms with Gasteiger partial charge in [0.1, 0.15) is 5.75 Å². The van der Waals surface area contributed by atoms with Gasteiger partial charge in [0.2, 0.25) is 0 Å². The first-order chi connectivity index (χ1) is 14.4. The van der Waals surface area contributed by atoms with Crippen LogP contribution in [0.15, 0.2) is 42.6 Å². The molecule has 0 bridgehead atoms. The standard InChI is InChI=1S/C25H27NO4/c1-15-7-9-19(16(2)11-15)24(27)13-21(25(28)29)22-14-26-23-10-8-18(12-20(22)23)30-17-5-3-4-6-17/h7-12,14,17,21,26H,3-6,13H2,1-2H3,(H,28,29). The highest BCUT2D eigenvalue weighted by molar-refractivity contribution is 6.01. The number of ether oxygens (including phenoxy) is 1. The van der Waals surface area contributed by atoms with Crippen molar-refractivity contribution in [1.82, 2.24) is 4.98 Å². The van der Waals surface area contributed by atoms with Crippen molar-refractivity contribution < 1.29 is 19.4 Å². The van der Waals surface area contributed by atoms with Crippen LogP contribution in [0.4, 0.5) is 0 Å². The van der Waals surface area contributed by atoms with Crippen molar-refractivity contribution in [2.75, 3.05) is 0 Å². The van der Waals surface area contributed by atoms with Crippen molar-refractivity contribution >= 4 is 22.7 Å². The average Bonchev–Trinajstić information content (AvgIpc) is 3.35. The summed E-state index contributed by atoms with van der Waals surface area (Å²) >= 11 is 0. The number of carbonyl (C=O) groups is 2. The third kappa shape index (κ3) is 4.11. The summed E-state index contributed by atoms with van der Waals surface area (Å²) in [5, 5.41) is 10.7. The Morgan fingerprint density at radius 2 is 1.90 bits per heavy atom. The zero-order valence-corrected chi connectivity index (χ0v) is 17.4. The maximum atomic E-state index is 12.9. The number of aromatic nitrogens is 1. The molecule has 156 valence electrons. The van der Waals surface area contributed by atoms with E-state index < -0.39 is 11.9 Å². The minimum Gasteiger partial charge on any atom is -0.490 e. The molecule has 2 aromatic carbocycles. The molecular weight excluding hydrogens is 378 g/mol. The average molecular weight is 405 g/mol. The number of fused-ring (bicyclic) bond motifs is 1. The lowest BCUT2D eigenvalue weighted by Crippen LogP contribution is -2.17. The molecule has 0 radical (unpaired) electrons. The second-order valence-electron chi connectivity index (χ2n) is 8.31. The highest BCUT2D eigenvalue weighted by Crippen LogP contribution is 2.33. The number of ketones is 1. The molecule has 5 heteroatoms. The van der Waals surface area contributed by atoms with Crippen LogP contribution in [-0.4, -0.2) is 27.9 Å². The van der Waals surface area contributed by atoms with Gasteiger partial charge in [-0.05, 0) is 68.9 Å². The number of H-pyrrole nitrogens is 1. The van der Waals surface area contributed by atoms with E-state index in [9.17, 15) is 14.7 Å². The van der Waals surface area contributed by atoms with Crippen molar-refractivity contribution in [3.8, 4) is 5.75 Å². The zero-order valence-electron chi connectivity index (χ0n) is 17.4. The molecule has 0 saturated heterocycles. The van der Waals surface area contributed by atoms with Gasteiger partial charge in [0.05, 0.1) is 12.0 Å². The van der Waals surface area contributed by atoms with Gasteiger partial charge in [-0.25, -0.2) is 0 Å². The summed E-state index contributed by atoms with van der Waals surface area (Å²) in [4.78, 5) is 28.2. The fourth-order valence-electron chi connectivity index (χ4n) is 4.43. The Bertz CT molecular complexity index is 1090. The second-order valence-corrected chi connectivity index (χ2v) is 8.31. The Hall–Kier alpha value is -3.08. The first kappa shape index (κ1) is 20.2. The molecule has 4 rings (SSSR count). The van der Waals surface area contributed by atoms with Gasteiger partial charge < -0.3 is 14.8 Å². The summed E-state index contributed by atoms with van der Waals surface area (Å²) < 4.78 is 6.10. The number of rotatable bonds is 7. The van der Waals surface area contributed by atoms with Gasteiger partial charge in [-0.3, -0.25) is 9.59 Å². The number of aromatic amines is 1. The third-order valence-electron chi connectivity index (χ3n) is 6.04. The van der Waals surface area contributed by atoms with Gasteiger partial charge in [-0.1, -0.05) is 23.8 Å². The fourth-order valence-corrected chi connectivity index (χ4v) is 4.43. The van der Waals surface area contributed by atoms with E-state index >= 15 is 0 Å². The molecule has 2 N–H and O–H groups in total. The normalized spacial score (nSPS) is 15.4. The summed E-state index contributed by atoms with van der Waals surface area (Å²) in [6, 6.07) is 11.3. The van der Waals surface area contributed by atoms with E-state index in [1.54, 1.807) is 12.3 Å². The van der Waals surface area contributed by atoms with Crippen LogP contribution in [0, 0.1) is 13.8 Å². The van der Waals surface area contributed by atoms with Gasteiger partial charge in [0, 0.05) is 29.1 Å². The Labute approximate surface area is 176 Å². The quantitative estimate of drug-likeness (QED) is 0.505. The van der Waals surface area contributed by atoms with Gasteiger partial charge >= 0.3 is 5.97 Å². The molecule has 5 nitrogen and oxygen atoms in total. The molecule has 1 heterocycles. The van der Waals surface area contributed by atoms with E-state index in [1.807, 2.05) is 44.2 Å². The number of hydrogen-bond acceptors (Lipinski definition) is 3. The van der Waals surface area contributed by atoms with E-state index in [0.717, 1.165) is 40.6 Å². The molecule has 1 atom stereocenters. The molecule has 1 aliphatic rings. The van der Waals surface area contributed by atoms with Gasteiger partial charge in [0.25, 0.3) is 0 Å². The van der Waals surface area contributed by atoms with Crippen LogP contribution in [0.5, 0.6) is 5.75 Å². The van der Waals surface area contributed by atoms with E-state index in [2.05, 4.69) is 4.98 Å². The molecule has 0 spiro atoms. The van der Waals surface area contributed by atoms with Crippen LogP contribution in [-0.2, 0) is 4.79 Å². The lowest BCUT2D eigenvalue weighted by Gasteiger charge is -2.15. The van der Waals surface area contributed by atoms with Crippen molar-refractivity contribution in [2.45, 2.75) is 58.0 Å². The van der Waals surface area contributed by atoms with Crippen molar-refractivity contribution in [2.24, 2.45) is 0 Å². The number of benzene rings is 2. The van der Waals surface area contributed by atoms with Gasteiger partial charge in [-0.15, -0.1) is 0 Å². The SMILES string of the molecule is Cc1ccc(C(=O)CC(C(=O)O)c2c[nH]c3ccc(OC4CCCC4)cc23)c(C)c1. The summed E-state index contributed by atoms with van der Waals surface area (Å²) in [7, 11) is 0. The first-order valence-electron chi connectivity index (χ1n) is 10.5. The van der Waals surface area contributed by atoms with Crippen molar-refractivity contribution in [3.05, 3.63) is 64.8 Å². The predicted molar refractivity (Wildman–Crippen MR) is 116 cm³/mol. The van der Waals surface area contributed by atoms with E-state index in [-0.39, 0.29) is 18.3 Å². The highest BCUT2D eigenvalue weighted by Gasteiger charge is 2.27. The number of Topliss-reactive ketones (excluding diaryl/α,β-unsaturated/α-hetero) is 1. The van der Waals surface area contributed by atoms with Crippen LogP contribution in [0.3, 0.4) is 0 Å². The predicted octanol–water partition coefficient (Wildman–Crippen LogP) is 5.55. The molecular formula is C25H27NO4. The summed E-state index contributed by atoms with van der Waals surface area (Å²) in [5.41, 5.74) is 3.99. The molecule has 1 aliphatic carbocycles. The minimum atomic E-state index is -1.00. The lowest BCUT2D eigenvalue weighted by atomic mass is 9.90. The second kappa shape index (κ2) is 8.34. The van der Waals surface area contributed by atoms with Crippen molar-refractivity contribution in [3.63, 3.8) is 0 Å². The Morgan fingerprint density at radius 1 is 1.13 bits per heavy atom. The molecule has 0 amide bonds. The first-order valence-corrected chi connectivity index (χ1v) is 10.5. The molecule has 1 unspecified atom stereocenters. The highest BCUT2D eigenvalue weighted by atomic mass is 16.5. The zero-order chi connectivity index (χ0) is 21.3. The number of carboxylic acids is 1. The number of carbonyl (C=O) groups excluding carboxylic acids is 1. The van der Waals surface area contributed by atoms with E-state index in [1.165, 1.54) is 12.8 Å². The fraction of sp³-hybridized carbons (Fsp3) is 0.360. The number of aliphatic carboxylic acids is 1. The van der Waals surface area contributed by atoms with Crippen LogP contribution in [0.25, 0.3) is 10.9 Å². The molecule has 1 saturated carbocycles. The smallest absolute Gasteiger partial charge is 0.311 e. The number of hydrogen-bond donors (Lipinski definition) is 2. The maximum Gasteiger partial charge on any atom is 0.311 e. The monoisotopic (exact) mass is 405 g/mol. The number of aryl methyl sites for hydroxylation is 2. The van der Waals surface area contributed by atoms with Crippen molar-refractivity contribution in [1.29, 1.82) is 0 Å². The van der Waals surface area contributed by atoms with Gasteiger partial charge in [0.15, 0.2) is 5.78 Å². The number of carboxylic acid groups (broad SMARTS) is 1. The Kier molecular flexibility index (Phi) is 5.62. The molecule has 0 aliphatic heterocycles. The summed E-state index contributed by atoms with van der Waals surface area (Å²) in [6.45, 7) is 3.85. The third-order valence-corrected chi connectivity index (χ3v) is 6.04. The largest absolute Gasteiger partial charge is 0.490 e. The van der Waals surface area contributed by atoms with Crippen LogP contribution < -0.4 is 4.74 Å². The Balaban J connectivity index is 1.63. The lowest BCUT2D eigenvalue weighted by molar-refractivity contribution is -0.138. The summed E-state index contributed by atoms with van der Waals surface area (Å²) in [5.74, 6) is -1.34. The van der Waals surface area contributed by atoms with E-state index in [4.69, 9.17) is 4.74 Å². The summed E-state index contributed by atoms with van der Waals surface area (Å²) in [6.07, 6.45) is 6.33. The van der Waals surface area contributed by atoms with Gasteiger partial charge in [-0.2, -0.15) is 0 Å².